The Hall–Kier alpha value is -3.02. The van der Waals surface area contributed by atoms with Gasteiger partial charge in [0.2, 0.25) is 5.91 Å². The maximum atomic E-state index is 12.6. The summed E-state index contributed by atoms with van der Waals surface area (Å²) >= 11 is 0. The number of anilines is 2. The largest absolute Gasteiger partial charge is 0.319 e. The molecule has 0 spiro atoms. The van der Waals surface area contributed by atoms with E-state index in [0.29, 0.717) is 23.5 Å². The summed E-state index contributed by atoms with van der Waals surface area (Å²) in [6, 6.07) is 11.0. The van der Waals surface area contributed by atoms with E-state index in [-0.39, 0.29) is 18.2 Å². The Labute approximate surface area is 146 Å². The normalized spacial score (nSPS) is 14.3. The minimum atomic E-state index is -0.301. The topological polar surface area (TPSA) is 74.7 Å². The number of aryl methyl sites for hydroxylation is 3. The molecule has 1 aliphatic heterocycles. The molecular formula is C19H20N4O2. The highest BCUT2D eigenvalue weighted by Gasteiger charge is 2.26. The number of nitrogens with zero attached hydrogens (tertiary/aromatic N) is 3. The van der Waals surface area contributed by atoms with Crippen LogP contribution >= 0.6 is 0 Å². The third kappa shape index (κ3) is 3.57. The van der Waals surface area contributed by atoms with Gasteiger partial charge in [-0.05, 0) is 44.5 Å². The van der Waals surface area contributed by atoms with E-state index < -0.39 is 0 Å². The van der Waals surface area contributed by atoms with Crippen LogP contribution in [0.3, 0.4) is 0 Å². The highest BCUT2D eigenvalue weighted by atomic mass is 16.2. The molecule has 0 aliphatic carbocycles. The fourth-order valence-electron chi connectivity index (χ4n) is 2.89. The average molecular weight is 336 g/mol. The SMILES string of the molecule is Cc1cc(C)c(NC(=O)C2=NN(c3ccccc3)C(=O)CC2)c(C)n1. The molecule has 25 heavy (non-hydrogen) atoms. The zero-order valence-electron chi connectivity index (χ0n) is 14.5. The van der Waals surface area contributed by atoms with Crippen molar-refractivity contribution in [3.8, 4) is 0 Å². The first kappa shape index (κ1) is 16.8. The van der Waals surface area contributed by atoms with E-state index in [1.165, 1.54) is 5.01 Å². The van der Waals surface area contributed by atoms with Gasteiger partial charge < -0.3 is 5.32 Å². The summed E-state index contributed by atoms with van der Waals surface area (Å²) in [5.74, 6) is -0.419. The molecular weight excluding hydrogens is 316 g/mol. The van der Waals surface area contributed by atoms with Gasteiger partial charge in [0.05, 0.1) is 17.1 Å². The van der Waals surface area contributed by atoms with E-state index in [1.54, 1.807) is 12.1 Å². The highest BCUT2D eigenvalue weighted by molar-refractivity contribution is 6.44. The lowest BCUT2D eigenvalue weighted by atomic mass is 10.1. The van der Waals surface area contributed by atoms with Crippen molar-refractivity contribution in [1.82, 2.24) is 4.98 Å². The third-order valence-corrected chi connectivity index (χ3v) is 4.06. The van der Waals surface area contributed by atoms with Crippen LogP contribution in [0, 0.1) is 20.8 Å². The number of hydrazone groups is 1. The lowest BCUT2D eigenvalue weighted by Crippen LogP contribution is -2.36. The maximum absolute atomic E-state index is 12.6. The van der Waals surface area contributed by atoms with Gasteiger partial charge in [-0.25, -0.2) is 5.01 Å². The van der Waals surface area contributed by atoms with Crippen molar-refractivity contribution in [2.24, 2.45) is 5.10 Å². The summed E-state index contributed by atoms with van der Waals surface area (Å²) < 4.78 is 0. The van der Waals surface area contributed by atoms with E-state index in [9.17, 15) is 9.59 Å². The number of hydrogen-bond donors (Lipinski definition) is 1. The van der Waals surface area contributed by atoms with Crippen molar-refractivity contribution in [2.45, 2.75) is 33.6 Å². The fraction of sp³-hybridized carbons (Fsp3) is 0.263. The number of aromatic nitrogens is 1. The average Bonchev–Trinajstić information content (AvgIpc) is 2.59. The molecule has 1 N–H and O–H groups in total. The number of hydrogen-bond acceptors (Lipinski definition) is 4. The lowest BCUT2D eigenvalue weighted by Gasteiger charge is -2.23. The molecule has 0 saturated heterocycles. The number of benzene rings is 1. The Morgan fingerprint density at radius 2 is 1.84 bits per heavy atom. The first-order chi connectivity index (χ1) is 12.0. The number of para-hydroxylation sites is 1. The highest BCUT2D eigenvalue weighted by Crippen LogP contribution is 2.22. The monoisotopic (exact) mass is 336 g/mol. The molecule has 2 amide bonds. The van der Waals surface area contributed by atoms with Crippen LogP contribution in [0.4, 0.5) is 11.4 Å². The van der Waals surface area contributed by atoms with Crippen molar-refractivity contribution < 1.29 is 9.59 Å². The summed E-state index contributed by atoms with van der Waals surface area (Å²) in [6.07, 6.45) is 0.580. The second-order valence-corrected chi connectivity index (χ2v) is 6.08. The Morgan fingerprint density at radius 3 is 2.52 bits per heavy atom. The van der Waals surface area contributed by atoms with Crippen LogP contribution in [0.5, 0.6) is 0 Å². The van der Waals surface area contributed by atoms with Gasteiger partial charge in [0.25, 0.3) is 5.91 Å². The van der Waals surface area contributed by atoms with Crippen molar-refractivity contribution in [1.29, 1.82) is 0 Å². The van der Waals surface area contributed by atoms with E-state index in [2.05, 4.69) is 15.4 Å². The van der Waals surface area contributed by atoms with Crippen molar-refractivity contribution in [3.05, 3.63) is 53.3 Å². The van der Waals surface area contributed by atoms with Crippen molar-refractivity contribution in [3.63, 3.8) is 0 Å². The van der Waals surface area contributed by atoms with Crippen LogP contribution in [-0.2, 0) is 9.59 Å². The molecule has 0 saturated carbocycles. The second kappa shape index (κ2) is 6.84. The predicted octanol–water partition coefficient (Wildman–Crippen LogP) is 3.13. The van der Waals surface area contributed by atoms with Gasteiger partial charge in [-0.15, -0.1) is 0 Å². The Balaban J connectivity index is 1.86. The Bertz CT molecular complexity index is 836. The molecule has 0 bridgehead atoms. The standard InChI is InChI=1S/C19H20N4O2/c1-12-11-13(2)20-14(3)18(12)21-19(25)16-9-10-17(24)23(22-16)15-7-5-4-6-8-15/h4-8,11H,9-10H2,1-3H3,(H,21,25). The van der Waals surface area contributed by atoms with Gasteiger partial charge in [-0.2, -0.15) is 5.10 Å². The van der Waals surface area contributed by atoms with E-state index in [1.807, 2.05) is 45.0 Å². The number of carbonyl (C=O) groups is 2. The second-order valence-electron chi connectivity index (χ2n) is 6.08. The molecule has 0 unspecified atom stereocenters. The minimum absolute atomic E-state index is 0.118. The lowest BCUT2D eigenvalue weighted by molar-refractivity contribution is -0.118. The van der Waals surface area contributed by atoms with Crippen LogP contribution in [0.2, 0.25) is 0 Å². The number of nitrogens with one attached hydrogen (secondary N) is 1. The molecule has 0 atom stereocenters. The zero-order valence-corrected chi connectivity index (χ0v) is 14.5. The third-order valence-electron chi connectivity index (χ3n) is 4.06. The summed E-state index contributed by atoms with van der Waals surface area (Å²) in [4.78, 5) is 29.2. The Kier molecular flexibility index (Phi) is 4.61. The number of amides is 2. The van der Waals surface area contributed by atoms with Gasteiger partial charge in [0, 0.05) is 18.5 Å². The van der Waals surface area contributed by atoms with Crippen LogP contribution in [0.15, 0.2) is 41.5 Å². The smallest absolute Gasteiger partial charge is 0.271 e. The van der Waals surface area contributed by atoms with Gasteiger partial charge in [0.1, 0.15) is 5.71 Å². The predicted molar refractivity (Wildman–Crippen MR) is 97.7 cm³/mol. The van der Waals surface area contributed by atoms with Crippen LogP contribution in [0.1, 0.15) is 29.8 Å². The number of carbonyl (C=O) groups excluding carboxylic acids is 2. The molecule has 6 heteroatoms. The fourth-order valence-corrected chi connectivity index (χ4v) is 2.89. The molecule has 0 radical (unpaired) electrons. The molecule has 2 heterocycles. The Morgan fingerprint density at radius 1 is 1.12 bits per heavy atom. The molecule has 6 nitrogen and oxygen atoms in total. The zero-order chi connectivity index (χ0) is 18.0. The summed E-state index contributed by atoms with van der Waals surface area (Å²) in [5, 5.41) is 8.46. The quantitative estimate of drug-likeness (QED) is 0.936. The van der Waals surface area contributed by atoms with Crippen LogP contribution in [-0.4, -0.2) is 22.5 Å². The number of rotatable bonds is 3. The molecule has 1 aliphatic rings. The maximum Gasteiger partial charge on any atom is 0.271 e. The molecule has 2 aromatic rings. The summed E-state index contributed by atoms with van der Waals surface area (Å²) in [5.41, 5.74) is 4.30. The van der Waals surface area contributed by atoms with Crippen molar-refractivity contribution in [2.75, 3.05) is 10.3 Å². The minimum Gasteiger partial charge on any atom is -0.319 e. The molecule has 1 aromatic carbocycles. The molecule has 128 valence electrons. The van der Waals surface area contributed by atoms with Gasteiger partial charge in [-0.1, -0.05) is 18.2 Å². The van der Waals surface area contributed by atoms with Gasteiger partial charge in [0.15, 0.2) is 0 Å². The van der Waals surface area contributed by atoms with E-state index >= 15 is 0 Å². The van der Waals surface area contributed by atoms with Crippen LogP contribution in [0.25, 0.3) is 0 Å². The van der Waals surface area contributed by atoms with Gasteiger partial charge in [-0.3, -0.25) is 14.6 Å². The van der Waals surface area contributed by atoms with Gasteiger partial charge >= 0.3 is 0 Å². The summed E-state index contributed by atoms with van der Waals surface area (Å²) in [6.45, 7) is 5.71. The summed E-state index contributed by atoms with van der Waals surface area (Å²) in [7, 11) is 0. The van der Waals surface area contributed by atoms with E-state index in [0.717, 1.165) is 17.0 Å². The molecule has 3 rings (SSSR count). The number of pyridine rings is 1. The van der Waals surface area contributed by atoms with Crippen LogP contribution < -0.4 is 10.3 Å². The van der Waals surface area contributed by atoms with E-state index in [4.69, 9.17) is 0 Å². The van der Waals surface area contributed by atoms with Crippen molar-refractivity contribution >= 4 is 28.9 Å². The first-order valence-corrected chi connectivity index (χ1v) is 8.17. The molecule has 1 aromatic heterocycles. The first-order valence-electron chi connectivity index (χ1n) is 8.17. The molecule has 0 fully saturated rings.